The summed E-state index contributed by atoms with van der Waals surface area (Å²) in [5.74, 6) is -1.61. The first-order valence-corrected chi connectivity index (χ1v) is 8.75. The van der Waals surface area contributed by atoms with Crippen molar-refractivity contribution in [3.05, 3.63) is 36.0 Å². The average Bonchev–Trinajstić information content (AvgIpc) is 3.20. The normalized spacial score (nSPS) is 43.3. The number of rotatable bonds is 2. The number of carbonyl (C=O) groups is 2. The van der Waals surface area contributed by atoms with Gasteiger partial charge in [0, 0.05) is 17.6 Å². The minimum atomic E-state index is -1.13. The molecule has 0 amide bonds. The van der Waals surface area contributed by atoms with Crippen LogP contribution in [0.4, 0.5) is 0 Å². The van der Waals surface area contributed by atoms with Crippen molar-refractivity contribution in [2.45, 2.75) is 56.4 Å². The van der Waals surface area contributed by atoms with E-state index in [2.05, 4.69) is 13.2 Å². The second-order valence-corrected chi connectivity index (χ2v) is 7.44. The maximum Gasteiger partial charge on any atom is 0.334 e. The Morgan fingerprint density at radius 2 is 2.23 bits per heavy atom. The van der Waals surface area contributed by atoms with E-state index in [0.29, 0.717) is 0 Å². The lowest BCUT2D eigenvalue weighted by atomic mass is 9.81. The van der Waals surface area contributed by atoms with Gasteiger partial charge in [-0.1, -0.05) is 13.2 Å². The molecule has 3 fully saturated rings. The molecule has 1 aliphatic carbocycles. The van der Waals surface area contributed by atoms with Crippen LogP contribution in [-0.4, -0.2) is 53.9 Å². The van der Waals surface area contributed by atoms with Crippen LogP contribution in [0.25, 0.3) is 0 Å². The van der Waals surface area contributed by atoms with Gasteiger partial charge in [-0.05, 0) is 31.4 Å². The molecule has 5 rings (SSSR count). The summed E-state index contributed by atoms with van der Waals surface area (Å²) in [5, 5.41) is 10.5. The van der Waals surface area contributed by atoms with Crippen molar-refractivity contribution in [2.75, 3.05) is 6.61 Å². The highest BCUT2D eigenvalue weighted by atomic mass is 16.7. The molecule has 0 radical (unpaired) electrons. The van der Waals surface area contributed by atoms with E-state index < -0.39 is 42.0 Å². The Morgan fingerprint density at radius 1 is 1.46 bits per heavy atom. The first-order valence-electron chi connectivity index (χ1n) is 8.75. The van der Waals surface area contributed by atoms with Crippen molar-refractivity contribution in [3.8, 4) is 0 Å². The summed E-state index contributed by atoms with van der Waals surface area (Å²) >= 11 is 0. The maximum absolute atomic E-state index is 12.2. The van der Waals surface area contributed by atoms with E-state index in [1.807, 2.05) is 6.08 Å². The standard InChI is InChI=1S/C19H22O7/c1-9(2)16(20)25-13-7-19-14(26-19)5-4-11(8-23-18(19)22)6-12-15(13)10(3)17(21)24-12/h6,12-15,18,22H,1,3-5,7-8H2,2H3/b11-6-/t12-,13+,14+,15+,18+,19+/m1/s1. The molecule has 4 heterocycles. The predicted molar refractivity (Wildman–Crippen MR) is 88.7 cm³/mol. The lowest BCUT2D eigenvalue weighted by Crippen LogP contribution is -2.45. The van der Waals surface area contributed by atoms with E-state index in [1.165, 1.54) is 0 Å². The number of ether oxygens (including phenoxy) is 4. The molecule has 7 nitrogen and oxygen atoms in total. The van der Waals surface area contributed by atoms with Crippen LogP contribution in [0.5, 0.6) is 0 Å². The van der Waals surface area contributed by atoms with Crippen LogP contribution in [0.15, 0.2) is 36.0 Å². The maximum atomic E-state index is 12.2. The number of carbonyl (C=O) groups excluding carboxylic acids is 2. The van der Waals surface area contributed by atoms with Crippen LogP contribution in [0, 0.1) is 5.92 Å². The highest BCUT2D eigenvalue weighted by Crippen LogP contribution is 2.51. The SMILES string of the molecule is C=C(C)C(=O)O[C@H]1C[C@]23O[C@H]2CC/C(=C/[C@H]2OC(=O)C(=C)[C@H]12)CO[C@@H]3O. The van der Waals surface area contributed by atoms with Crippen LogP contribution in [0.3, 0.4) is 0 Å². The summed E-state index contributed by atoms with van der Waals surface area (Å²) in [4.78, 5) is 24.3. The summed E-state index contributed by atoms with van der Waals surface area (Å²) in [6.07, 6.45) is 0.815. The van der Waals surface area contributed by atoms with Crippen LogP contribution in [-0.2, 0) is 28.5 Å². The third kappa shape index (κ3) is 2.71. The van der Waals surface area contributed by atoms with Gasteiger partial charge < -0.3 is 24.1 Å². The van der Waals surface area contributed by atoms with Gasteiger partial charge in [0.2, 0.25) is 0 Å². The fourth-order valence-electron chi connectivity index (χ4n) is 4.09. The molecule has 0 aromatic carbocycles. The molecule has 4 aliphatic heterocycles. The van der Waals surface area contributed by atoms with Gasteiger partial charge in [-0.15, -0.1) is 0 Å². The Hall–Kier alpha value is -1.96. The zero-order valence-corrected chi connectivity index (χ0v) is 14.6. The van der Waals surface area contributed by atoms with Crippen LogP contribution >= 0.6 is 0 Å². The molecule has 7 heteroatoms. The first kappa shape index (κ1) is 17.5. The molecule has 26 heavy (non-hydrogen) atoms. The Bertz CT molecular complexity index is 723. The highest BCUT2D eigenvalue weighted by Gasteiger charge is 2.65. The number of hydrogen-bond donors (Lipinski definition) is 1. The summed E-state index contributed by atoms with van der Waals surface area (Å²) < 4.78 is 22.5. The zero-order chi connectivity index (χ0) is 18.6. The molecule has 1 spiro atoms. The van der Waals surface area contributed by atoms with Crippen LogP contribution in [0.2, 0.25) is 0 Å². The quantitative estimate of drug-likeness (QED) is 0.341. The summed E-state index contributed by atoms with van der Waals surface area (Å²) in [6, 6.07) is 0. The van der Waals surface area contributed by atoms with Crippen molar-refractivity contribution >= 4 is 11.9 Å². The van der Waals surface area contributed by atoms with Crippen molar-refractivity contribution in [1.29, 1.82) is 0 Å². The van der Waals surface area contributed by atoms with Gasteiger partial charge in [-0.2, -0.15) is 0 Å². The molecule has 140 valence electrons. The number of hydrogen-bond acceptors (Lipinski definition) is 7. The average molecular weight is 362 g/mol. The molecule has 0 aromatic rings. The Kier molecular flexibility index (Phi) is 4.06. The van der Waals surface area contributed by atoms with E-state index in [9.17, 15) is 14.7 Å². The molecule has 5 aliphatic rings. The molecule has 0 unspecified atom stereocenters. The fraction of sp³-hybridized carbons (Fsp3) is 0.579. The lowest BCUT2D eigenvalue weighted by Gasteiger charge is -2.33. The topological polar surface area (TPSA) is 94.6 Å². The number of aliphatic hydroxyl groups is 1. The number of esters is 2. The molecule has 0 aromatic heterocycles. The van der Waals surface area contributed by atoms with Gasteiger partial charge in [-0.25, -0.2) is 9.59 Å². The smallest absolute Gasteiger partial charge is 0.334 e. The fourth-order valence-corrected chi connectivity index (χ4v) is 4.09. The Morgan fingerprint density at radius 3 is 2.96 bits per heavy atom. The van der Waals surface area contributed by atoms with E-state index >= 15 is 0 Å². The minimum Gasteiger partial charge on any atom is -0.458 e. The number of epoxide rings is 1. The zero-order valence-electron chi connectivity index (χ0n) is 14.6. The second kappa shape index (κ2) is 6.04. The first-order chi connectivity index (χ1) is 12.3. The third-order valence-corrected chi connectivity index (χ3v) is 5.61. The molecule has 3 saturated heterocycles. The second-order valence-electron chi connectivity index (χ2n) is 7.44. The summed E-state index contributed by atoms with van der Waals surface area (Å²) in [5.41, 5.74) is 0.475. The molecular formula is C19H22O7. The predicted octanol–water partition coefficient (Wildman–Crippen LogP) is 1.17. The summed E-state index contributed by atoms with van der Waals surface area (Å²) in [6.45, 7) is 9.24. The molecule has 2 bridgehead atoms. The third-order valence-electron chi connectivity index (χ3n) is 5.61. The van der Waals surface area contributed by atoms with Crippen LogP contribution < -0.4 is 0 Å². The van der Waals surface area contributed by atoms with Gasteiger partial charge in [0.15, 0.2) is 6.29 Å². The van der Waals surface area contributed by atoms with E-state index in [1.54, 1.807) is 6.92 Å². The minimum absolute atomic E-state index is 0.185. The Labute approximate surface area is 151 Å². The van der Waals surface area contributed by atoms with Gasteiger partial charge in [0.05, 0.1) is 18.6 Å². The van der Waals surface area contributed by atoms with Crippen molar-refractivity contribution < 1.29 is 33.6 Å². The highest BCUT2D eigenvalue weighted by molar-refractivity contribution is 5.91. The monoisotopic (exact) mass is 362 g/mol. The summed E-state index contributed by atoms with van der Waals surface area (Å²) in [7, 11) is 0. The van der Waals surface area contributed by atoms with Gasteiger partial charge in [0.25, 0.3) is 0 Å². The molecule has 1 N–H and O–H groups in total. The largest absolute Gasteiger partial charge is 0.458 e. The van der Waals surface area contributed by atoms with Gasteiger partial charge >= 0.3 is 11.9 Å². The lowest BCUT2D eigenvalue weighted by molar-refractivity contribution is -0.163. The van der Waals surface area contributed by atoms with E-state index in [-0.39, 0.29) is 30.3 Å². The van der Waals surface area contributed by atoms with Crippen molar-refractivity contribution in [1.82, 2.24) is 0 Å². The van der Waals surface area contributed by atoms with Crippen LogP contribution in [0.1, 0.15) is 26.2 Å². The molecule has 6 atom stereocenters. The number of fused-ring (bicyclic) bond motifs is 4. The molecular weight excluding hydrogens is 340 g/mol. The number of aliphatic hydroxyl groups excluding tert-OH is 1. The van der Waals surface area contributed by atoms with E-state index in [0.717, 1.165) is 18.4 Å². The van der Waals surface area contributed by atoms with Gasteiger partial charge in [-0.3, -0.25) is 0 Å². The van der Waals surface area contributed by atoms with E-state index in [4.69, 9.17) is 18.9 Å². The molecule has 0 saturated carbocycles. The Balaban J connectivity index is 1.76. The van der Waals surface area contributed by atoms with Crippen molar-refractivity contribution in [2.24, 2.45) is 5.92 Å². The van der Waals surface area contributed by atoms with Crippen molar-refractivity contribution in [3.63, 3.8) is 0 Å². The van der Waals surface area contributed by atoms with Gasteiger partial charge in [0.1, 0.15) is 17.8 Å².